The van der Waals surface area contributed by atoms with E-state index < -0.39 is 0 Å². The Balaban J connectivity index is 1.59. The fourth-order valence-electron chi connectivity index (χ4n) is 4.91. The van der Waals surface area contributed by atoms with Gasteiger partial charge in [-0.25, -0.2) is 0 Å². The molecule has 0 N–H and O–H groups in total. The summed E-state index contributed by atoms with van der Waals surface area (Å²) in [6.45, 7) is 1.97. The zero-order valence-electron chi connectivity index (χ0n) is 12.6. The smallest absolute Gasteiger partial charge is 0.238 e. The fraction of sp³-hybridized carbons (Fsp3) is 0.368. The molecule has 2 fully saturated rings. The largest absolute Gasteiger partial charge is 0.274 e. The van der Waals surface area contributed by atoms with E-state index in [4.69, 9.17) is 0 Å². The van der Waals surface area contributed by atoms with Crippen LogP contribution in [0.4, 0.5) is 5.69 Å². The molecule has 6 atom stereocenters. The molecule has 0 unspecified atom stereocenters. The van der Waals surface area contributed by atoms with Gasteiger partial charge in [0.25, 0.3) is 0 Å². The summed E-state index contributed by atoms with van der Waals surface area (Å²) in [5.74, 6) is 0.917. The molecule has 23 heavy (non-hydrogen) atoms. The zero-order chi connectivity index (χ0) is 15.9. The third-order valence-corrected chi connectivity index (χ3v) is 6.96. The lowest BCUT2D eigenvalue weighted by molar-refractivity contribution is -0.127. The molecule has 4 heteroatoms. The molecule has 5 aliphatic rings. The third-order valence-electron chi connectivity index (χ3n) is 6.07. The van der Waals surface area contributed by atoms with Crippen molar-refractivity contribution >= 4 is 33.4 Å². The third kappa shape index (κ3) is 1.60. The number of hydrogen-bond acceptors (Lipinski definition) is 2. The molecular weight excluding hydrogens is 354 g/mol. The molecule has 116 valence electrons. The van der Waals surface area contributed by atoms with Gasteiger partial charge in [-0.1, -0.05) is 40.2 Å². The SMILES string of the molecule is Cc1cc(N2C(=O)[C@@H]3[C@@H]4C=C[C@@H]([C@H]5C=C[C@H]54)[C@@H]3C2=O)ccc1Br. The minimum Gasteiger partial charge on any atom is -0.274 e. The molecule has 1 aromatic carbocycles. The molecule has 2 amide bonds. The Hall–Kier alpha value is -1.68. The van der Waals surface area contributed by atoms with Crippen LogP contribution in [-0.2, 0) is 9.59 Å². The number of hydrogen-bond donors (Lipinski definition) is 0. The van der Waals surface area contributed by atoms with Crippen molar-refractivity contribution in [3.63, 3.8) is 0 Å². The van der Waals surface area contributed by atoms with E-state index in [1.807, 2.05) is 25.1 Å². The molecule has 1 heterocycles. The number of carbonyl (C=O) groups is 2. The predicted octanol–water partition coefficient (Wildman–Crippen LogP) is 3.48. The second kappa shape index (κ2) is 4.44. The van der Waals surface area contributed by atoms with E-state index in [0.29, 0.717) is 17.5 Å². The lowest BCUT2D eigenvalue weighted by atomic mass is 9.50. The zero-order valence-corrected chi connectivity index (χ0v) is 14.2. The van der Waals surface area contributed by atoms with Crippen molar-refractivity contribution in [1.82, 2.24) is 0 Å². The molecule has 6 rings (SSSR count). The average molecular weight is 370 g/mol. The topological polar surface area (TPSA) is 37.4 Å². The first-order valence-electron chi connectivity index (χ1n) is 8.08. The maximum Gasteiger partial charge on any atom is 0.238 e. The van der Waals surface area contributed by atoms with Crippen LogP contribution >= 0.6 is 15.9 Å². The molecule has 1 saturated carbocycles. The molecule has 0 radical (unpaired) electrons. The number of anilines is 1. The number of benzene rings is 1. The number of rotatable bonds is 1. The maximum absolute atomic E-state index is 13.0. The molecule has 0 aromatic heterocycles. The number of carbonyl (C=O) groups excluding carboxylic acids is 2. The number of nitrogens with zero attached hydrogens (tertiary/aromatic N) is 1. The number of amides is 2. The van der Waals surface area contributed by atoms with Crippen LogP contribution in [0.25, 0.3) is 0 Å². The van der Waals surface area contributed by atoms with Gasteiger partial charge in [-0.2, -0.15) is 0 Å². The average Bonchev–Trinajstić information content (AvgIpc) is 2.75. The van der Waals surface area contributed by atoms with E-state index >= 15 is 0 Å². The summed E-state index contributed by atoms with van der Waals surface area (Å²) in [6, 6.07) is 5.68. The first-order valence-corrected chi connectivity index (χ1v) is 8.88. The van der Waals surface area contributed by atoms with Crippen molar-refractivity contribution in [3.8, 4) is 0 Å². The summed E-state index contributed by atoms with van der Waals surface area (Å²) in [6.07, 6.45) is 8.79. The highest BCUT2D eigenvalue weighted by atomic mass is 79.9. The van der Waals surface area contributed by atoms with Crippen molar-refractivity contribution in [2.45, 2.75) is 6.92 Å². The first kappa shape index (κ1) is 13.7. The highest BCUT2D eigenvalue weighted by Gasteiger charge is 2.62. The molecular formula is C19H16BrNO2. The Morgan fingerprint density at radius 2 is 1.39 bits per heavy atom. The van der Waals surface area contributed by atoms with E-state index in [1.54, 1.807) is 0 Å². The van der Waals surface area contributed by atoms with E-state index in [1.165, 1.54) is 4.90 Å². The van der Waals surface area contributed by atoms with Crippen molar-refractivity contribution in [2.75, 3.05) is 4.90 Å². The highest BCUT2D eigenvalue weighted by molar-refractivity contribution is 9.10. The van der Waals surface area contributed by atoms with Gasteiger partial charge in [-0.3, -0.25) is 14.5 Å². The summed E-state index contributed by atoms with van der Waals surface area (Å²) in [5.41, 5.74) is 1.73. The lowest BCUT2D eigenvalue weighted by Crippen LogP contribution is -2.50. The number of imide groups is 1. The monoisotopic (exact) mass is 369 g/mol. The van der Waals surface area contributed by atoms with Crippen LogP contribution < -0.4 is 4.90 Å². The molecule has 2 bridgehead atoms. The Morgan fingerprint density at radius 3 is 1.87 bits per heavy atom. The van der Waals surface area contributed by atoms with Crippen molar-refractivity contribution < 1.29 is 9.59 Å². The Bertz CT molecular complexity index is 772. The Morgan fingerprint density at radius 1 is 0.870 bits per heavy atom. The summed E-state index contributed by atoms with van der Waals surface area (Å²) in [4.78, 5) is 27.5. The summed E-state index contributed by atoms with van der Waals surface area (Å²) in [7, 11) is 0. The van der Waals surface area contributed by atoms with Crippen LogP contribution in [0.3, 0.4) is 0 Å². The van der Waals surface area contributed by atoms with E-state index in [0.717, 1.165) is 10.0 Å². The quantitative estimate of drug-likeness (QED) is 0.561. The van der Waals surface area contributed by atoms with Gasteiger partial charge < -0.3 is 0 Å². The van der Waals surface area contributed by atoms with Gasteiger partial charge >= 0.3 is 0 Å². The van der Waals surface area contributed by atoms with Crippen molar-refractivity contribution in [2.24, 2.45) is 35.5 Å². The van der Waals surface area contributed by atoms with E-state index in [9.17, 15) is 9.59 Å². The molecule has 4 aliphatic carbocycles. The predicted molar refractivity (Wildman–Crippen MR) is 90.6 cm³/mol. The van der Waals surface area contributed by atoms with Crippen LogP contribution in [0, 0.1) is 42.4 Å². The van der Waals surface area contributed by atoms with Crippen LogP contribution in [0.15, 0.2) is 47.0 Å². The number of halogens is 1. The van der Waals surface area contributed by atoms with Gasteiger partial charge in [0.2, 0.25) is 11.8 Å². The van der Waals surface area contributed by atoms with Crippen molar-refractivity contribution in [3.05, 3.63) is 52.5 Å². The summed E-state index contributed by atoms with van der Waals surface area (Å²) < 4.78 is 0.988. The second-order valence-corrected chi connectivity index (χ2v) is 7.93. The fourth-order valence-corrected chi connectivity index (χ4v) is 5.16. The summed E-state index contributed by atoms with van der Waals surface area (Å²) >= 11 is 3.48. The molecule has 3 nitrogen and oxygen atoms in total. The minimum atomic E-state index is -0.173. The molecule has 0 spiro atoms. The summed E-state index contributed by atoms with van der Waals surface area (Å²) in [5, 5.41) is 0. The lowest BCUT2D eigenvalue weighted by Gasteiger charge is -2.51. The van der Waals surface area contributed by atoms with Gasteiger partial charge in [0, 0.05) is 4.47 Å². The standard InChI is InChI=1S/C19H16BrNO2/c1-9-8-10(2-7-15(9)20)21-18(22)16-13-5-6-14(17(16)19(21)23)12-4-3-11(12)13/h2-8,11-14,16-17H,1H3/t11-,12+,13-,14+,16-,17+. The van der Waals surface area contributed by atoms with Crippen LogP contribution in [0.2, 0.25) is 0 Å². The van der Waals surface area contributed by atoms with E-state index in [2.05, 4.69) is 40.2 Å². The van der Waals surface area contributed by atoms with Gasteiger partial charge in [-0.15, -0.1) is 0 Å². The van der Waals surface area contributed by atoms with E-state index in [-0.39, 0.29) is 35.5 Å². The van der Waals surface area contributed by atoms with Crippen LogP contribution in [-0.4, -0.2) is 11.8 Å². The second-order valence-electron chi connectivity index (χ2n) is 7.08. The molecule has 1 saturated heterocycles. The highest BCUT2D eigenvalue weighted by Crippen LogP contribution is 2.59. The Labute approximate surface area is 143 Å². The number of allylic oxidation sites excluding steroid dienone is 4. The van der Waals surface area contributed by atoms with Gasteiger partial charge in [0.15, 0.2) is 0 Å². The maximum atomic E-state index is 13.0. The number of aryl methyl sites for hydroxylation is 1. The van der Waals surface area contributed by atoms with Crippen LogP contribution in [0.5, 0.6) is 0 Å². The molecule has 1 aromatic rings. The minimum absolute atomic E-state index is 0.0141. The van der Waals surface area contributed by atoms with Gasteiger partial charge in [0.1, 0.15) is 0 Å². The van der Waals surface area contributed by atoms with Gasteiger partial charge in [0.05, 0.1) is 17.5 Å². The normalized spacial score (nSPS) is 39.5. The molecule has 1 aliphatic heterocycles. The van der Waals surface area contributed by atoms with Crippen molar-refractivity contribution in [1.29, 1.82) is 0 Å². The van der Waals surface area contributed by atoms with Gasteiger partial charge in [-0.05, 0) is 54.4 Å². The first-order chi connectivity index (χ1) is 11.1. The van der Waals surface area contributed by atoms with Crippen LogP contribution in [0.1, 0.15) is 5.56 Å². The Kier molecular flexibility index (Phi) is 2.65.